The first kappa shape index (κ1) is 68.5. The molecule has 0 aromatic carbocycles. The molecule has 0 unspecified atom stereocenters. The van der Waals surface area contributed by atoms with E-state index in [-0.39, 0.29) is 37.0 Å². The Hall–Kier alpha value is -6.48. The molecule has 0 aromatic heterocycles. The number of amides is 9. The molecule has 0 radical (unpaired) electrons. The molecule has 0 saturated heterocycles. The minimum Gasteiger partial charge on any atom is -0.481 e. The van der Waals surface area contributed by atoms with E-state index in [1.54, 1.807) is 55.4 Å². The van der Waals surface area contributed by atoms with Crippen LogP contribution >= 0.6 is 0 Å². The van der Waals surface area contributed by atoms with Crippen LogP contribution in [0.1, 0.15) is 139 Å². The Morgan fingerprint density at radius 2 is 0.840 bits per heavy atom. The molecule has 27 heteroatoms. The van der Waals surface area contributed by atoms with Crippen LogP contribution in [0.4, 0.5) is 0 Å². The van der Waals surface area contributed by atoms with Crippen LogP contribution in [0.15, 0.2) is 0 Å². The zero-order valence-electron chi connectivity index (χ0n) is 44.7. The Bertz CT molecular complexity index is 1950. The number of carboxylic acid groups (broad SMARTS) is 3. The number of unbranched alkanes of at least 4 members (excludes halogenated alkanes) is 1. The normalized spacial score (nSPS) is 15.7. The van der Waals surface area contributed by atoms with Crippen LogP contribution < -0.4 is 59.7 Å². The van der Waals surface area contributed by atoms with Crippen molar-refractivity contribution in [2.45, 2.75) is 200 Å². The second-order valence-corrected chi connectivity index (χ2v) is 20.1. The number of primary amides is 1. The van der Waals surface area contributed by atoms with E-state index in [1.165, 1.54) is 0 Å². The molecule has 0 fully saturated rings. The summed E-state index contributed by atoms with van der Waals surface area (Å²) in [6.45, 7) is 15.1. The van der Waals surface area contributed by atoms with Gasteiger partial charge in [0.15, 0.2) is 0 Å². The predicted molar refractivity (Wildman–Crippen MR) is 271 cm³/mol. The van der Waals surface area contributed by atoms with Gasteiger partial charge in [-0.3, -0.25) is 52.7 Å². The van der Waals surface area contributed by atoms with Crippen LogP contribution in [0.2, 0.25) is 0 Å². The minimum atomic E-state index is -1.91. The van der Waals surface area contributed by atoms with Gasteiger partial charge in [0.25, 0.3) is 0 Å². The molecule has 0 saturated carbocycles. The second-order valence-electron chi connectivity index (χ2n) is 20.1. The van der Waals surface area contributed by atoms with E-state index >= 15 is 0 Å². The van der Waals surface area contributed by atoms with Crippen molar-refractivity contribution >= 4 is 71.1 Å². The molecule has 11 atom stereocenters. The summed E-state index contributed by atoms with van der Waals surface area (Å²) in [4.78, 5) is 157. The lowest BCUT2D eigenvalue weighted by atomic mass is 9.96. The Kier molecular flexibility index (Phi) is 31.9. The molecule has 0 aliphatic rings. The van der Waals surface area contributed by atoms with Crippen molar-refractivity contribution in [3.8, 4) is 0 Å². The largest absolute Gasteiger partial charge is 0.481 e. The van der Waals surface area contributed by atoms with Gasteiger partial charge in [-0.25, -0.2) is 4.79 Å². The summed E-state index contributed by atoms with van der Waals surface area (Å²) < 4.78 is 0. The Morgan fingerprint density at radius 1 is 0.453 bits per heavy atom. The van der Waals surface area contributed by atoms with E-state index in [2.05, 4.69) is 42.5 Å². The molecule has 0 rings (SSSR count). The van der Waals surface area contributed by atoms with Crippen molar-refractivity contribution in [3.05, 3.63) is 0 Å². The topological polar surface area (TPSA) is 460 Å². The molecule has 18 N–H and O–H groups in total. The number of carbonyl (C=O) groups is 12. The monoisotopic (exact) mass is 1070 g/mol. The Balaban J connectivity index is 6.73. The molecule has 0 aromatic rings. The quantitative estimate of drug-likeness (QED) is 0.0286. The molecule has 75 heavy (non-hydrogen) atoms. The maximum absolute atomic E-state index is 14.0. The van der Waals surface area contributed by atoms with Gasteiger partial charge in [0.2, 0.25) is 53.2 Å². The summed E-state index contributed by atoms with van der Waals surface area (Å²) in [5, 5.41) is 58.8. The number of rotatable bonds is 38. The van der Waals surface area contributed by atoms with Crippen LogP contribution in [0.3, 0.4) is 0 Å². The number of hydrogen-bond donors (Lipinski definition) is 15. The maximum Gasteiger partial charge on any atom is 0.326 e. The number of hydrogen-bond acceptors (Lipinski definition) is 15. The van der Waals surface area contributed by atoms with Gasteiger partial charge in [-0.05, 0) is 82.1 Å². The van der Waals surface area contributed by atoms with E-state index in [0.717, 1.165) is 6.92 Å². The summed E-state index contributed by atoms with van der Waals surface area (Å²) >= 11 is 0. The smallest absolute Gasteiger partial charge is 0.326 e. The van der Waals surface area contributed by atoms with Crippen molar-refractivity contribution in [1.82, 2.24) is 42.5 Å². The number of nitrogens with two attached hydrogens (primary N) is 3. The van der Waals surface area contributed by atoms with Gasteiger partial charge < -0.3 is 80.2 Å². The zero-order chi connectivity index (χ0) is 57.9. The average Bonchev–Trinajstić information content (AvgIpc) is 3.29. The molecule has 0 heterocycles. The third kappa shape index (κ3) is 27.6. The predicted octanol–water partition coefficient (Wildman–Crippen LogP) is -2.42. The number of aliphatic hydroxyl groups is 1. The van der Waals surface area contributed by atoms with Gasteiger partial charge in [0, 0.05) is 12.8 Å². The molecule has 0 aliphatic carbocycles. The van der Waals surface area contributed by atoms with Gasteiger partial charge in [-0.15, -0.1) is 0 Å². The lowest BCUT2D eigenvalue weighted by Gasteiger charge is -2.29. The molecule has 0 aliphatic heterocycles. The molecule has 27 nitrogen and oxygen atoms in total. The van der Waals surface area contributed by atoms with Crippen LogP contribution in [0.5, 0.6) is 0 Å². The van der Waals surface area contributed by atoms with E-state index in [1.807, 2.05) is 0 Å². The van der Waals surface area contributed by atoms with Crippen LogP contribution in [0.25, 0.3) is 0 Å². The average molecular weight is 1070 g/mol. The van der Waals surface area contributed by atoms with Crippen molar-refractivity contribution in [3.63, 3.8) is 0 Å². The van der Waals surface area contributed by atoms with Crippen molar-refractivity contribution in [2.75, 3.05) is 6.54 Å². The third-order valence-corrected chi connectivity index (χ3v) is 11.8. The van der Waals surface area contributed by atoms with E-state index < -0.39 is 170 Å². The van der Waals surface area contributed by atoms with Crippen molar-refractivity contribution in [1.29, 1.82) is 0 Å². The lowest BCUT2D eigenvalue weighted by molar-refractivity contribution is -0.143. The van der Waals surface area contributed by atoms with E-state index in [0.29, 0.717) is 32.2 Å². The summed E-state index contributed by atoms with van der Waals surface area (Å²) in [6.07, 6.45) is -3.25. The van der Waals surface area contributed by atoms with Crippen molar-refractivity contribution in [2.24, 2.45) is 40.9 Å². The summed E-state index contributed by atoms with van der Waals surface area (Å²) in [5.41, 5.74) is 16.9. The first-order valence-corrected chi connectivity index (χ1v) is 25.4. The Morgan fingerprint density at radius 3 is 1.28 bits per heavy atom. The van der Waals surface area contributed by atoms with Crippen LogP contribution in [-0.4, -0.2) is 159 Å². The molecule has 0 bridgehead atoms. The van der Waals surface area contributed by atoms with Gasteiger partial charge >= 0.3 is 17.9 Å². The fraction of sp³-hybridized carbons (Fsp3) is 0.750. The first-order chi connectivity index (χ1) is 34.8. The Labute approximate surface area is 437 Å². The van der Waals surface area contributed by atoms with Crippen LogP contribution in [0, 0.1) is 23.7 Å². The fourth-order valence-electron chi connectivity index (χ4n) is 7.45. The highest BCUT2D eigenvalue weighted by Crippen LogP contribution is 2.14. The van der Waals surface area contributed by atoms with Gasteiger partial charge in [-0.1, -0.05) is 68.2 Å². The highest BCUT2D eigenvalue weighted by Gasteiger charge is 2.37. The SMILES string of the molecule is CC[C@H](C)[C@H](NC(=O)[C@@H](N)CCCCN)C(=O)N[C@@H](CC(C)C)C(=O)N[C@@H](CC(=O)O)C(=O)N[C@@H](CC(C)C)C(=O)N[C@@H](CCC(=O)O)C(=O)N[C@H](C(=O)N[C@@H](CCC(N)=O)C(=O)N[C@@H](CC(C)C)C(=O)O)[C@@H](C)O. The molecule has 428 valence electrons. The summed E-state index contributed by atoms with van der Waals surface area (Å²) in [5.74, 6) is -14.6. The van der Waals surface area contributed by atoms with Gasteiger partial charge in [0.05, 0.1) is 18.6 Å². The summed E-state index contributed by atoms with van der Waals surface area (Å²) in [7, 11) is 0. The van der Waals surface area contributed by atoms with Crippen molar-refractivity contribution < 1.29 is 78.0 Å². The first-order valence-electron chi connectivity index (χ1n) is 25.4. The number of carbonyl (C=O) groups excluding carboxylic acids is 9. The lowest BCUT2D eigenvalue weighted by Crippen LogP contribution is -2.62. The second kappa shape index (κ2) is 34.9. The minimum absolute atomic E-state index is 0.00856. The van der Waals surface area contributed by atoms with Gasteiger partial charge in [0.1, 0.15) is 48.3 Å². The van der Waals surface area contributed by atoms with Gasteiger partial charge in [-0.2, -0.15) is 0 Å². The number of aliphatic hydroxyl groups excluding tert-OH is 1. The number of carboxylic acids is 3. The molecule has 9 amide bonds. The highest BCUT2D eigenvalue weighted by molar-refractivity contribution is 5.99. The number of aliphatic carboxylic acids is 3. The standard InChI is InChI=1S/C48H85N11O16/c1-10-26(8)38(58-40(66)28(50)13-11-12-18-49)46(72)56-32(20-24(4)5)44(70)55-33(22-37(64)65)45(71)54-31(19-23(2)3)43(69)52-30(15-17-36(62)63)42(68)59-39(27(9)60)47(73)53-29(14-16-35(51)61)41(67)57-34(48(74)75)21-25(6)7/h23-34,38-39,60H,10-22,49-50H2,1-9H3,(H2,51,61)(H,52,69)(H,53,73)(H,54,71)(H,55,70)(H,56,72)(H,57,67)(H,58,66)(H,59,68)(H,62,63)(H,64,65)(H,74,75)/t26-,27+,28-,29-,30-,31-,32-,33-,34-,38-,39-/m0/s1. The zero-order valence-corrected chi connectivity index (χ0v) is 44.7. The molecular weight excluding hydrogens is 987 g/mol. The van der Waals surface area contributed by atoms with Crippen LogP contribution in [-0.2, 0) is 57.5 Å². The van der Waals surface area contributed by atoms with E-state index in [9.17, 15) is 78.0 Å². The third-order valence-electron chi connectivity index (χ3n) is 11.8. The fourth-order valence-corrected chi connectivity index (χ4v) is 7.45. The maximum atomic E-state index is 14.0. The molecule has 0 spiro atoms. The number of nitrogens with one attached hydrogen (secondary N) is 8. The summed E-state index contributed by atoms with van der Waals surface area (Å²) in [6, 6.07) is -13.6. The van der Waals surface area contributed by atoms with E-state index in [4.69, 9.17) is 17.2 Å². The highest BCUT2D eigenvalue weighted by atomic mass is 16.4. The molecular formula is C48H85N11O16.